The molecule has 0 heterocycles. The van der Waals surface area contributed by atoms with Crippen molar-refractivity contribution in [1.82, 2.24) is 5.32 Å². The number of carbonyl (C=O) groups excluding carboxylic acids is 3. The predicted octanol–water partition coefficient (Wildman–Crippen LogP) is 3.25. The number of benzene rings is 2. The second kappa shape index (κ2) is 9.64. The van der Waals surface area contributed by atoms with Crippen LogP contribution in [0.3, 0.4) is 0 Å². The molecule has 2 rings (SSSR count). The van der Waals surface area contributed by atoms with Gasteiger partial charge in [-0.15, -0.1) is 0 Å². The Morgan fingerprint density at radius 1 is 0.964 bits per heavy atom. The summed E-state index contributed by atoms with van der Waals surface area (Å²) in [5.74, 6) is -1.85. The highest BCUT2D eigenvalue weighted by atomic mass is 19.1. The van der Waals surface area contributed by atoms with Crippen LogP contribution >= 0.6 is 0 Å². The molecule has 0 unspecified atom stereocenters. The zero-order valence-electron chi connectivity index (χ0n) is 16.0. The summed E-state index contributed by atoms with van der Waals surface area (Å²) < 4.78 is 17.9. The van der Waals surface area contributed by atoms with Crippen LogP contribution in [0.25, 0.3) is 0 Å². The van der Waals surface area contributed by atoms with E-state index in [1.807, 2.05) is 12.1 Å². The molecule has 0 aromatic heterocycles. The molecular formula is C21H23FN2O4. The largest absolute Gasteiger partial charge is 0.451 e. The van der Waals surface area contributed by atoms with Crippen molar-refractivity contribution in [1.29, 1.82) is 0 Å². The Balaban J connectivity index is 1.79. The van der Waals surface area contributed by atoms with E-state index in [0.717, 1.165) is 17.7 Å². The van der Waals surface area contributed by atoms with Crippen molar-refractivity contribution in [2.75, 3.05) is 11.9 Å². The van der Waals surface area contributed by atoms with E-state index < -0.39 is 36.2 Å². The molecule has 0 aliphatic heterocycles. The van der Waals surface area contributed by atoms with Gasteiger partial charge in [0, 0.05) is 11.3 Å². The molecule has 1 atom stereocenters. The second-order valence-corrected chi connectivity index (χ2v) is 6.59. The SMILES string of the molecule is CC(C)c1ccc(NC(=O)[C@@H](C)OC(=O)CNC(=O)c2ccc(F)cc2)cc1. The number of esters is 1. The van der Waals surface area contributed by atoms with E-state index in [2.05, 4.69) is 24.5 Å². The minimum absolute atomic E-state index is 0.213. The number of halogens is 1. The van der Waals surface area contributed by atoms with Gasteiger partial charge in [0.05, 0.1) is 0 Å². The molecular weight excluding hydrogens is 363 g/mol. The van der Waals surface area contributed by atoms with Crippen LogP contribution < -0.4 is 10.6 Å². The van der Waals surface area contributed by atoms with Crippen LogP contribution in [0.4, 0.5) is 10.1 Å². The molecule has 0 spiro atoms. The fourth-order valence-corrected chi connectivity index (χ4v) is 2.34. The van der Waals surface area contributed by atoms with Crippen LogP contribution in [0.1, 0.15) is 42.6 Å². The maximum Gasteiger partial charge on any atom is 0.326 e. The van der Waals surface area contributed by atoms with E-state index in [-0.39, 0.29) is 5.56 Å². The third-order valence-corrected chi connectivity index (χ3v) is 4.02. The highest BCUT2D eigenvalue weighted by Gasteiger charge is 2.18. The number of hydrogen-bond donors (Lipinski definition) is 2. The molecule has 0 bridgehead atoms. The van der Waals surface area contributed by atoms with E-state index in [0.29, 0.717) is 11.6 Å². The maximum atomic E-state index is 12.9. The first-order valence-corrected chi connectivity index (χ1v) is 8.90. The van der Waals surface area contributed by atoms with E-state index in [1.54, 1.807) is 12.1 Å². The van der Waals surface area contributed by atoms with Crippen molar-refractivity contribution in [3.8, 4) is 0 Å². The lowest BCUT2D eigenvalue weighted by Gasteiger charge is -2.14. The maximum absolute atomic E-state index is 12.9. The zero-order chi connectivity index (χ0) is 20.7. The normalized spacial score (nSPS) is 11.6. The number of amides is 2. The minimum Gasteiger partial charge on any atom is -0.451 e. The van der Waals surface area contributed by atoms with Gasteiger partial charge >= 0.3 is 5.97 Å². The van der Waals surface area contributed by atoms with Crippen LogP contribution in [0.15, 0.2) is 48.5 Å². The molecule has 0 aliphatic carbocycles. The first-order chi connectivity index (χ1) is 13.3. The lowest BCUT2D eigenvalue weighted by atomic mass is 10.0. The number of ether oxygens (including phenoxy) is 1. The van der Waals surface area contributed by atoms with Gasteiger partial charge in [0.1, 0.15) is 12.4 Å². The molecule has 2 aromatic carbocycles. The second-order valence-electron chi connectivity index (χ2n) is 6.59. The summed E-state index contributed by atoms with van der Waals surface area (Å²) in [6.45, 7) is 5.18. The molecule has 0 saturated carbocycles. The summed E-state index contributed by atoms with van der Waals surface area (Å²) in [4.78, 5) is 35.9. The van der Waals surface area contributed by atoms with Crippen LogP contribution in [-0.2, 0) is 14.3 Å². The van der Waals surface area contributed by atoms with Gasteiger partial charge < -0.3 is 15.4 Å². The Hall–Kier alpha value is -3.22. The summed E-state index contributed by atoms with van der Waals surface area (Å²) in [5, 5.41) is 5.03. The highest BCUT2D eigenvalue weighted by Crippen LogP contribution is 2.17. The number of nitrogens with one attached hydrogen (secondary N) is 2. The molecule has 7 heteroatoms. The molecule has 2 aromatic rings. The molecule has 0 aliphatic rings. The molecule has 0 radical (unpaired) electrons. The van der Waals surface area contributed by atoms with E-state index >= 15 is 0 Å². The molecule has 148 valence electrons. The van der Waals surface area contributed by atoms with Gasteiger partial charge in [-0.05, 0) is 54.8 Å². The van der Waals surface area contributed by atoms with Gasteiger partial charge in [-0.2, -0.15) is 0 Å². The van der Waals surface area contributed by atoms with Crippen LogP contribution in [0, 0.1) is 5.82 Å². The zero-order valence-corrected chi connectivity index (χ0v) is 16.0. The van der Waals surface area contributed by atoms with Crippen molar-refractivity contribution in [3.05, 3.63) is 65.5 Å². The number of rotatable bonds is 7. The standard InChI is InChI=1S/C21H23FN2O4/c1-13(2)15-6-10-18(11-7-15)24-20(26)14(3)28-19(25)12-23-21(27)16-4-8-17(22)9-5-16/h4-11,13-14H,12H2,1-3H3,(H,23,27)(H,24,26)/t14-/m1/s1. The summed E-state index contributed by atoms with van der Waals surface area (Å²) >= 11 is 0. The highest BCUT2D eigenvalue weighted by molar-refractivity contribution is 5.97. The number of anilines is 1. The quantitative estimate of drug-likeness (QED) is 0.716. The van der Waals surface area contributed by atoms with Gasteiger partial charge in [0.25, 0.3) is 11.8 Å². The molecule has 0 fully saturated rings. The molecule has 0 saturated heterocycles. The minimum atomic E-state index is -1.03. The van der Waals surface area contributed by atoms with Crippen LogP contribution in [-0.4, -0.2) is 30.4 Å². The lowest BCUT2D eigenvalue weighted by molar-refractivity contribution is -0.152. The Morgan fingerprint density at radius 3 is 2.14 bits per heavy atom. The summed E-state index contributed by atoms with van der Waals surface area (Å²) in [5.41, 5.74) is 1.96. The molecule has 2 amide bonds. The van der Waals surface area contributed by atoms with Crippen molar-refractivity contribution in [2.45, 2.75) is 32.8 Å². The predicted molar refractivity (Wildman–Crippen MR) is 103 cm³/mol. The third-order valence-electron chi connectivity index (χ3n) is 4.02. The van der Waals surface area contributed by atoms with E-state index in [1.165, 1.54) is 19.1 Å². The van der Waals surface area contributed by atoms with Crippen molar-refractivity contribution in [2.24, 2.45) is 0 Å². The smallest absolute Gasteiger partial charge is 0.326 e. The van der Waals surface area contributed by atoms with Crippen molar-refractivity contribution in [3.63, 3.8) is 0 Å². The third kappa shape index (κ3) is 6.19. The van der Waals surface area contributed by atoms with Gasteiger partial charge in [-0.3, -0.25) is 14.4 Å². The Labute approximate surface area is 163 Å². The van der Waals surface area contributed by atoms with E-state index in [4.69, 9.17) is 4.74 Å². The summed E-state index contributed by atoms with van der Waals surface area (Å²) in [6.07, 6.45) is -1.03. The lowest BCUT2D eigenvalue weighted by Crippen LogP contribution is -2.35. The first kappa shape index (κ1) is 21.1. The van der Waals surface area contributed by atoms with Crippen LogP contribution in [0.2, 0.25) is 0 Å². The fourth-order valence-electron chi connectivity index (χ4n) is 2.34. The Kier molecular flexibility index (Phi) is 7.26. The molecule has 28 heavy (non-hydrogen) atoms. The van der Waals surface area contributed by atoms with Gasteiger partial charge in [-0.25, -0.2) is 4.39 Å². The Morgan fingerprint density at radius 2 is 1.57 bits per heavy atom. The average molecular weight is 386 g/mol. The monoisotopic (exact) mass is 386 g/mol. The van der Waals surface area contributed by atoms with E-state index in [9.17, 15) is 18.8 Å². The number of carbonyl (C=O) groups is 3. The first-order valence-electron chi connectivity index (χ1n) is 8.90. The topological polar surface area (TPSA) is 84.5 Å². The average Bonchev–Trinajstić information content (AvgIpc) is 2.67. The van der Waals surface area contributed by atoms with Crippen molar-refractivity contribution >= 4 is 23.5 Å². The summed E-state index contributed by atoms with van der Waals surface area (Å²) in [6, 6.07) is 12.3. The van der Waals surface area contributed by atoms with Crippen LogP contribution in [0.5, 0.6) is 0 Å². The van der Waals surface area contributed by atoms with Gasteiger partial charge in [-0.1, -0.05) is 26.0 Å². The Bertz CT molecular complexity index is 832. The van der Waals surface area contributed by atoms with Gasteiger partial charge in [0.15, 0.2) is 6.10 Å². The van der Waals surface area contributed by atoms with Gasteiger partial charge in [0.2, 0.25) is 0 Å². The molecule has 6 nitrogen and oxygen atoms in total. The van der Waals surface area contributed by atoms with Crippen molar-refractivity contribution < 1.29 is 23.5 Å². The summed E-state index contributed by atoms with van der Waals surface area (Å²) in [7, 11) is 0. The fraction of sp³-hybridized carbons (Fsp3) is 0.286. The number of hydrogen-bond acceptors (Lipinski definition) is 4. The molecule has 2 N–H and O–H groups in total.